The van der Waals surface area contributed by atoms with E-state index in [1.807, 2.05) is 29.2 Å². The molecule has 0 amide bonds. The summed E-state index contributed by atoms with van der Waals surface area (Å²) in [5, 5.41) is 8.59. The highest BCUT2D eigenvalue weighted by atomic mass is 79.9. The molecule has 0 saturated carbocycles. The summed E-state index contributed by atoms with van der Waals surface area (Å²) < 4.78 is 28.0. The van der Waals surface area contributed by atoms with Crippen LogP contribution in [-0.2, 0) is 10.0 Å². The summed E-state index contributed by atoms with van der Waals surface area (Å²) in [5.74, 6) is 0.744. The van der Waals surface area contributed by atoms with E-state index in [1.54, 1.807) is 36.7 Å². The molecule has 144 valence electrons. The second-order valence-electron chi connectivity index (χ2n) is 6.36. The van der Waals surface area contributed by atoms with Gasteiger partial charge in [-0.05, 0) is 48.5 Å². The lowest BCUT2D eigenvalue weighted by Gasteiger charge is -2.34. The van der Waals surface area contributed by atoms with Crippen molar-refractivity contribution in [2.45, 2.75) is 4.90 Å². The number of pyridine rings is 1. The average molecular weight is 460 g/mol. The fraction of sp³-hybridized carbons (Fsp3) is 0.211. The Bertz CT molecular complexity index is 1040. The van der Waals surface area contributed by atoms with Crippen LogP contribution in [-0.4, -0.2) is 54.1 Å². The van der Waals surface area contributed by atoms with E-state index in [0.29, 0.717) is 31.1 Å². The molecule has 28 heavy (non-hydrogen) atoms. The Kier molecular flexibility index (Phi) is 5.38. The van der Waals surface area contributed by atoms with Crippen LogP contribution in [0.15, 0.2) is 70.3 Å². The van der Waals surface area contributed by atoms with Crippen molar-refractivity contribution in [2.75, 3.05) is 31.1 Å². The third-order valence-electron chi connectivity index (χ3n) is 4.62. The van der Waals surface area contributed by atoms with Crippen LogP contribution < -0.4 is 4.90 Å². The summed E-state index contributed by atoms with van der Waals surface area (Å²) in [6.07, 6.45) is 3.46. The molecule has 7 nitrogen and oxygen atoms in total. The number of hydrogen-bond acceptors (Lipinski definition) is 6. The van der Waals surface area contributed by atoms with E-state index in [-0.39, 0.29) is 0 Å². The molecule has 1 aliphatic rings. The molecule has 0 spiro atoms. The minimum Gasteiger partial charge on any atom is -0.352 e. The Morgan fingerprint density at radius 2 is 1.64 bits per heavy atom. The minimum absolute atomic E-state index is 0.310. The first-order valence-electron chi connectivity index (χ1n) is 8.79. The van der Waals surface area contributed by atoms with Crippen molar-refractivity contribution in [1.82, 2.24) is 19.5 Å². The zero-order chi connectivity index (χ0) is 19.6. The van der Waals surface area contributed by atoms with Crippen molar-refractivity contribution in [2.24, 2.45) is 0 Å². The van der Waals surface area contributed by atoms with Gasteiger partial charge in [-0.1, -0.05) is 15.9 Å². The second kappa shape index (κ2) is 7.94. The maximum Gasteiger partial charge on any atom is 0.243 e. The quantitative estimate of drug-likeness (QED) is 0.596. The van der Waals surface area contributed by atoms with Crippen molar-refractivity contribution in [1.29, 1.82) is 0 Å². The van der Waals surface area contributed by atoms with Crippen LogP contribution in [0.3, 0.4) is 0 Å². The third-order valence-corrected chi connectivity index (χ3v) is 7.06. The van der Waals surface area contributed by atoms with Crippen LogP contribution >= 0.6 is 15.9 Å². The van der Waals surface area contributed by atoms with Gasteiger partial charge in [0.05, 0.1) is 10.6 Å². The number of hydrogen-bond donors (Lipinski definition) is 0. The van der Waals surface area contributed by atoms with E-state index in [1.165, 1.54) is 4.31 Å². The van der Waals surface area contributed by atoms with E-state index in [2.05, 4.69) is 31.1 Å². The van der Waals surface area contributed by atoms with Gasteiger partial charge in [-0.3, -0.25) is 4.98 Å². The van der Waals surface area contributed by atoms with Gasteiger partial charge in [-0.25, -0.2) is 8.42 Å². The first-order valence-corrected chi connectivity index (χ1v) is 11.0. The van der Waals surface area contributed by atoms with E-state index in [4.69, 9.17) is 0 Å². The third kappa shape index (κ3) is 3.91. The van der Waals surface area contributed by atoms with Gasteiger partial charge in [-0.15, -0.1) is 10.2 Å². The van der Waals surface area contributed by atoms with Crippen LogP contribution in [0.4, 0.5) is 5.82 Å². The molecule has 0 aliphatic carbocycles. The normalized spacial score (nSPS) is 15.5. The number of nitrogens with zero attached hydrogens (tertiary/aromatic N) is 5. The Morgan fingerprint density at radius 1 is 0.893 bits per heavy atom. The fourth-order valence-corrected chi connectivity index (χ4v) is 4.76. The highest BCUT2D eigenvalue weighted by molar-refractivity contribution is 9.10. The molecule has 0 unspecified atom stereocenters. The summed E-state index contributed by atoms with van der Waals surface area (Å²) in [4.78, 5) is 6.45. The molecule has 4 rings (SSSR count). The molecule has 3 aromatic rings. The topological polar surface area (TPSA) is 79.3 Å². The highest BCUT2D eigenvalue weighted by Crippen LogP contribution is 2.22. The van der Waals surface area contributed by atoms with E-state index < -0.39 is 10.0 Å². The number of sulfonamides is 1. The van der Waals surface area contributed by atoms with Crippen LogP contribution in [0, 0.1) is 0 Å². The van der Waals surface area contributed by atoms with Gasteiger partial charge in [0, 0.05) is 48.6 Å². The van der Waals surface area contributed by atoms with Crippen molar-refractivity contribution < 1.29 is 8.42 Å². The van der Waals surface area contributed by atoms with Gasteiger partial charge < -0.3 is 4.90 Å². The van der Waals surface area contributed by atoms with Gasteiger partial charge in [0.15, 0.2) is 5.82 Å². The largest absolute Gasteiger partial charge is 0.352 e. The van der Waals surface area contributed by atoms with Gasteiger partial charge in [0.1, 0.15) is 0 Å². The number of anilines is 1. The number of aromatic nitrogens is 3. The molecule has 0 N–H and O–H groups in total. The molecular weight excluding hydrogens is 442 g/mol. The molecule has 1 aromatic carbocycles. The summed E-state index contributed by atoms with van der Waals surface area (Å²) in [6, 6.07) is 14.3. The highest BCUT2D eigenvalue weighted by Gasteiger charge is 2.29. The second-order valence-corrected chi connectivity index (χ2v) is 9.22. The first-order chi connectivity index (χ1) is 13.5. The van der Waals surface area contributed by atoms with Crippen molar-refractivity contribution in [3.8, 4) is 11.3 Å². The lowest BCUT2D eigenvalue weighted by Crippen LogP contribution is -2.48. The summed E-state index contributed by atoms with van der Waals surface area (Å²) in [5.41, 5.74) is 1.67. The molecule has 3 heterocycles. The molecule has 9 heteroatoms. The average Bonchev–Trinajstić information content (AvgIpc) is 2.75. The zero-order valence-electron chi connectivity index (χ0n) is 14.9. The van der Waals surface area contributed by atoms with Crippen LogP contribution in [0.25, 0.3) is 11.3 Å². The summed E-state index contributed by atoms with van der Waals surface area (Å²) in [6.45, 7) is 1.95. The molecule has 2 aromatic heterocycles. The molecular formula is C19H18BrN5O2S. The number of rotatable bonds is 4. The van der Waals surface area contributed by atoms with Gasteiger partial charge in [0.25, 0.3) is 0 Å². The Labute approximate surface area is 172 Å². The molecule has 0 atom stereocenters. The van der Waals surface area contributed by atoms with Gasteiger partial charge in [-0.2, -0.15) is 4.31 Å². The predicted molar refractivity (Wildman–Crippen MR) is 110 cm³/mol. The fourth-order valence-electron chi connectivity index (χ4n) is 3.08. The molecule has 1 fully saturated rings. The molecule has 1 aliphatic heterocycles. The number of piperazine rings is 1. The molecule has 1 saturated heterocycles. The monoisotopic (exact) mass is 459 g/mol. The van der Waals surface area contributed by atoms with Crippen LogP contribution in [0.1, 0.15) is 0 Å². The maximum atomic E-state index is 12.8. The Morgan fingerprint density at radius 3 is 2.25 bits per heavy atom. The Hall–Kier alpha value is -2.36. The first kappa shape index (κ1) is 19.0. The van der Waals surface area contributed by atoms with E-state index in [0.717, 1.165) is 21.5 Å². The van der Waals surface area contributed by atoms with Gasteiger partial charge >= 0.3 is 0 Å². The lowest BCUT2D eigenvalue weighted by atomic mass is 10.2. The van der Waals surface area contributed by atoms with Crippen LogP contribution in [0.5, 0.6) is 0 Å². The number of benzene rings is 1. The molecule has 0 bridgehead atoms. The van der Waals surface area contributed by atoms with Gasteiger partial charge in [0.2, 0.25) is 10.0 Å². The number of halogens is 1. The lowest BCUT2D eigenvalue weighted by molar-refractivity contribution is 0.383. The van der Waals surface area contributed by atoms with E-state index in [9.17, 15) is 8.42 Å². The standard InChI is InChI=1S/C19H18BrN5O2S/c20-16-3-5-17(6-4-16)28(26,27)25-12-10-24(11-13-25)19-8-7-18(22-23-19)15-2-1-9-21-14-15/h1-9,14H,10-13H2. The smallest absolute Gasteiger partial charge is 0.243 e. The molecule has 0 radical (unpaired) electrons. The maximum absolute atomic E-state index is 12.8. The van der Waals surface area contributed by atoms with Crippen molar-refractivity contribution >= 4 is 31.8 Å². The zero-order valence-corrected chi connectivity index (χ0v) is 17.3. The van der Waals surface area contributed by atoms with Crippen molar-refractivity contribution in [3.05, 3.63) is 65.4 Å². The SMILES string of the molecule is O=S(=O)(c1ccc(Br)cc1)N1CCN(c2ccc(-c3cccnc3)nn2)CC1. The predicted octanol–water partition coefficient (Wildman–Crippen LogP) is 2.81. The van der Waals surface area contributed by atoms with Crippen LogP contribution in [0.2, 0.25) is 0 Å². The summed E-state index contributed by atoms with van der Waals surface area (Å²) in [7, 11) is -3.48. The minimum atomic E-state index is -3.48. The summed E-state index contributed by atoms with van der Waals surface area (Å²) >= 11 is 3.33. The van der Waals surface area contributed by atoms with Crippen molar-refractivity contribution in [3.63, 3.8) is 0 Å². The van der Waals surface area contributed by atoms with E-state index >= 15 is 0 Å². The Balaban J connectivity index is 1.43.